The second kappa shape index (κ2) is 6.80. The molecule has 1 heterocycles. The molecule has 2 N–H and O–H groups in total. The molecule has 0 radical (unpaired) electrons. The van der Waals surface area contributed by atoms with Crippen molar-refractivity contribution in [2.75, 3.05) is 0 Å². The lowest BCUT2D eigenvalue weighted by atomic mass is 10.1. The molecule has 4 aromatic rings. The Bertz CT molecular complexity index is 1270. The number of hydrogen-bond acceptors (Lipinski definition) is 2. The molecule has 0 unspecified atom stereocenters. The van der Waals surface area contributed by atoms with E-state index in [2.05, 4.69) is 5.11 Å². The number of fused-ring (bicyclic) bond motifs is 3. The third-order valence-corrected chi connectivity index (χ3v) is 4.90. The molecule has 0 fully saturated rings. The van der Waals surface area contributed by atoms with Crippen molar-refractivity contribution in [1.29, 1.82) is 10.9 Å². The van der Waals surface area contributed by atoms with Gasteiger partial charge in [0.25, 0.3) is 0 Å². The third kappa shape index (κ3) is 3.16. The van der Waals surface area contributed by atoms with Gasteiger partial charge in [0.1, 0.15) is 5.82 Å². The molecule has 4 nitrogen and oxygen atoms in total. The fourth-order valence-corrected chi connectivity index (χ4v) is 3.58. The summed E-state index contributed by atoms with van der Waals surface area (Å²) in [6.45, 7) is -0.300. The number of amidine groups is 1. The Morgan fingerprint density at radius 3 is 2.38 bits per heavy atom. The van der Waals surface area contributed by atoms with Gasteiger partial charge < -0.3 is 4.57 Å². The van der Waals surface area contributed by atoms with E-state index in [1.807, 2.05) is 6.07 Å². The molecule has 0 aliphatic rings. The van der Waals surface area contributed by atoms with Crippen LogP contribution in [-0.4, -0.2) is 10.4 Å². The summed E-state index contributed by atoms with van der Waals surface area (Å²) in [5, 5.41) is 12.3. The van der Waals surface area contributed by atoms with Crippen LogP contribution in [0.4, 0.5) is 17.6 Å². The molecule has 146 valence electrons. The van der Waals surface area contributed by atoms with Crippen LogP contribution in [0.25, 0.3) is 21.8 Å². The van der Waals surface area contributed by atoms with Crippen molar-refractivity contribution in [3.8, 4) is 0 Å². The van der Waals surface area contributed by atoms with E-state index >= 15 is 0 Å². The van der Waals surface area contributed by atoms with Crippen LogP contribution in [-0.2, 0) is 12.7 Å². The largest absolute Gasteiger partial charge is 0.416 e. The molecular weight excluding hydrogens is 384 g/mol. The molecule has 0 spiro atoms. The number of rotatable bonds is 3. The van der Waals surface area contributed by atoms with Crippen molar-refractivity contribution in [3.63, 3.8) is 0 Å². The van der Waals surface area contributed by atoms with Gasteiger partial charge in [0, 0.05) is 32.9 Å². The topological polar surface area (TPSA) is 65.0 Å². The van der Waals surface area contributed by atoms with Gasteiger partial charge in [0.15, 0.2) is 5.84 Å². The minimum atomic E-state index is -4.67. The number of aromatic nitrogens is 1. The molecule has 3 aromatic carbocycles. The highest BCUT2D eigenvalue weighted by molar-refractivity contribution is 6.11. The molecule has 1 aromatic heterocycles. The van der Waals surface area contributed by atoms with E-state index in [0.29, 0.717) is 22.0 Å². The number of nitrogens with one attached hydrogen (secondary N) is 2. The molecule has 0 saturated heterocycles. The lowest BCUT2D eigenvalue weighted by molar-refractivity contribution is -0.138. The van der Waals surface area contributed by atoms with Gasteiger partial charge in [-0.1, -0.05) is 24.3 Å². The number of halogens is 4. The number of alkyl halides is 3. The lowest BCUT2D eigenvalue weighted by Gasteiger charge is -2.15. The molecular formula is C21H14F4N4. The maximum Gasteiger partial charge on any atom is 0.416 e. The van der Waals surface area contributed by atoms with Gasteiger partial charge in [-0.3, -0.25) is 5.41 Å². The summed E-state index contributed by atoms with van der Waals surface area (Å²) in [7, 11) is 0. The van der Waals surface area contributed by atoms with E-state index in [0.717, 1.165) is 23.6 Å². The summed E-state index contributed by atoms with van der Waals surface area (Å²) in [6, 6.07) is 15.0. The molecule has 8 heteroatoms. The van der Waals surface area contributed by atoms with Crippen LogP contribution in [0.15, 0.2) is 65.8 Å². The summed E-state index contributed by atoms with van der Waals surface area (Å²) < 4.78 is 56.4. The smallest absolute Gasteiger partial charge is 0.336 e. The molecule has 0 bridgehead atoms. The molecule has 4 rings (SSSR count). The van der Waals surface area contributed by atoms with Crippen LogP contribution in [0.5, 0.6) is 0 Å². The molecule has 0 aliphatic heterocycles. The van der Waals surface area contributed by atoms with Gasteiger partial charge in [0.05, 0.1) is 12.1 Å². The Balaban J connectivity index is 1.98. The zero-order chi connectivity index (χ0) is 20.8. The monoisotopic (exact) mass is 398 g/mol. The maximum atomic E-state index is 14.4. The zero-order valence-corrected chi connectivity index (χ0v) is 14.9. The van der Waals surface area contributed by atoms with E-state index in [-0.39, 0.29) is 12.4 Å². The first-order valence-electron chi connectivity index (χ1n) is 8.63. The summed E-state index contributed by atoms with van der Waals surface area (Å²) in [6.07, 6.45) is -4.67. The predicted octanol–water partition coefficient (Wildman–Crippen LogP) is 6.36. The van der Waals surface area contributed by atoms with Crippen molar-refractivity contribution in [3.05, 3.63) is 83.2 Å². The van der Waals surface area contributed by atoms with Gasteiger partial charge in [-0.25, -0.2) is 9.92 Å². The minimum Gasteiger partial charge on any atom is -0.336 e. The Labute approximate surface area is 162 Å². The average molecular weight is 398 g/mol. The van der Waals surface area contributed by atoms with Gasteiger partial charge in [-0.15, -0.1) is 5.11 Å². The van der Waals surface area contributed by atoms with E-state index in [1.165, 1.54) is 0 Å². The van der Waals surface area contributed by atoms with Crippen LogP contribution in [0.2, 0.25) is 0 Å². The Hall–Kier alpha value is -3.55. The van der Waals surface area contributed by atoms with Crippen molar-refractivity contribution in [2.24, 2.45) is 5.11 Å². The number of nitrogens with zero attached hydrogens (tertiary/aromatic N) is 2. The molecule has 29 heavy (non-hydrogen) atoms. The van der Waals surface area contributed by atoms with E-state index < -0.39 is 23.1 Å². The predicted molar refractivity (Wildman–Crippen MR) is 102 cm³/mol. The SMILES string of the molecule is N=NC(=N)c1ccc2c(c1)c1ccccc1n2Cc1c(F)cccc1C(F)(F)F. The minimum absolute atomic E-state index is 0.225. The lowest BCUT2D eigenvalue weighted by Crippen LogP contribution is -2.13. The van der Waals surface area contributed by atoms with Gasteiger partial charge >= 0.3 is 6.18 Å². The molecule has 0 saturated carbocycles. The van der Waals surface area contributed by atoms with Crippen LogP contribution in [0.3, 0.4) is 0 Å². The van der Waals surface area contributed by atoms with Crippen LogP contribution < -0.4 is 0 Å². The number of benzene rings is 3. The first kappa shape index (κ1) is 18.8. The van der Waals surface area contributed by atoms with Gasteiger partial charge in [-0.2, -0.15) is 13.2 Å². The highest BCUT2D eigenvalue weighted by atomic mass is 19.4. The van der Waals surface area contributed by atoms with Crippen LogP contribution in [0, 0.1) is 16.8 Å². The Morgan fingerprint density at radius 2 is 1.66 bits per heavy atom. The number of para-hydroxylation sites is 1. The van der Waals surface area contributed by atoms with Crippen molar-refractivity contribution in [1.82, 2.24) is 4.57 Å². The normalized spacial score (nSPS) is 11.9. The van der Waals surface area contributed by atoms with Crippen LogP contribution >= 0.6 is 0 Å². The first-order chi connectivity index (χ1) is 13.8. The van der Waals surface area contributed by atoms with Crippen LogP contribution in [0.1, 0.15) is 16.7 Å². The Kier molecular flexibility index (Phi) is 4.41. The molecule has 0 atom stereocenters. The summed E-state index contributed by atoms with van der Waals surface area (Å²) >= 11 is 0. The highest BCUT2D eigenvalue weighted by Crippen LogP contribution is 2.36. The van der Waals surface area contributed by atoms with Gasteiger partial charge in [-0.05, 0) is 36.4 Å². The Morgan fingerprint density at radius 1 is 0.931 bits per heavy atom. The number of hydrogen-bond donors (Lipinski definition) is 2. The van der Waals surface area contributed by atoms with E-state index in [1.54, 1.807) is 41.0 Å². The van der Waals surface area contributed by atoms with Crippen molar-refractivity contribution in [2.45, 2.75) is 12.7 Å². The fourth-order valence-electron chi connectivity index (χ4n) is 3.58. The summed E-state index contributed by atoms with van der Waals surface area (Å²) in [5.41, 5.74) is 7.25. The van der Waals surface area contributed by atoms with E-state index in [9.17, 15) is 17.6 Å². The standard InChI is InChI=1S/C21H14F4N4/c22-17-6-3-5-16(21(23,24)25)15(17)11-29-18-7-2-1-4-13(18)14-10-12(20(26)28-27)8-9-19(14)29/h1-10,26-27H,11H2. The molecule has 0 amide bonds. The molecule has 0 aliphatic carbocycles. The van der Waals surface area contributed by atoms with Gasteiger partial charge in [0.2, 0.25) is 0 Å². The second-order valence-corrected chi connectivity index (χ2v) is 6.56. The third-order valence-electron chi connectivity index (χ3n) is 4.90. The summed E-state index contributed by atoms with van der Waals surface area (Å²) in [4.78, 5) is 0. The average Bonchev–Trinajstić information content (AvgIpc) is 3.01. The zero-order valence-electron chi connectivity index (χ0n) is 14.9. The van der Waals surface area contributed by atoms with Crippen molar-refractivity contribution >= 4 is 27.6 Å². The second-order valence-electron chi connectivity index (χ2n) is 6.56. The summed E-state index contributed by atoms with van der Waals surface area (Å²) in [5.74, 6) is -1.14. The maximum absolute atomic E-state index is 14.4. The highest BCUT2D eigenvalue weighted by Gasteiger charge is 2.34. The first-order valence-corrected chi connectivity index (χ1v) is 8.63. The quantitative estimate of drug-likeness (QED) is 0.175. The van der Waals surface area contributed by atoms with Crippen molar-refractivity contribution < 1.29 is 17.6 Å². The fraction of sp³-hybridized carbons (Fsp3) is 0.0952. The van der Waals surface area contributed by atoms with E-state index in [4.69, 9.17) is 10.9 Å².